The van der Waals surface area contributed by atoms with Crippen LogP contribution in [0.25, 0.3) is 0 Å². The smallest absolute Gasteiger partial charge is 0.319 e. The lowest BCUT2D eigenvalue weighted by Crippen LogP contribution is -2.44. The van der Waals surface area contributed by atoms with Crippen LogP contribution in [0.5, 0.6) is 11.5 Å². The highest BCUT2D eigenvalue weighted by atomic mass is 79.9. The summed E-state index contributed by atoms with van der Waals surface area (Å²) in [5.41, 5.74) is 2.49. The lowest BCUT2D eigenvalue weighted by atomic mass is 9.91. The van der Waals surface area contributed by atoms with Crippen LogP contribution in [0.2, 0.25) is 0 Å². The molecule has 1 heterocycles. The number of hydrogen-bond donors (Lipinski definition) is 2. The number of benzene rings is 3. The summed E-state index contributed by atoms with van der Waals surface area (Å²) in [6.07, 6.45) is -0.813. The molecule has 0 bridgehead atoms. The van der Waals surface area contributed by atoms with E-state index in [2.05, 4.69) is 21.2 Å². The molecule has 0 aliphatic carbocycles. The first-order valence-electron chi connectivity index (χ1n) is 10.3. The first-order valence-corrected chi connectivity index (χ1v) is 11.1. The van der Waals surface area contributed by atoms with Gasteiger partial charge in [0.15, 0.2) is 11.5 Å². The van der Waals surface area contributed by atoms with E-state index in [1.165, 1.54) is 20.3 Å². The Labute approximate surface area is 204 Å². The molecule has 9 nitrogen and oxygen atoms in total. The average Bonchev–Trinajstić information content (AvgIpc) is 2.84. The molecule has 0 saturated carbocycles. The van der Waals surface area contributed by atoms with Crippen LogP contribution in [0.4, 0.5) is 11.4 Å². The fourth-order valence-electron chi connectivity index (χ4n) is 4.19. The number of nitro groups is 1. The van der Waals surface area contributed by atoms with Crippen LogP contribution in [-0.4, -0.2) is 41.7 Å². The Balaban J connectivity index is 1.97. The SMILES string of the molecule is COC(=O)CN1[C@H](c2ccccc2)c2cc(Br)ccc2N[C@H]1c1cc([N+](=O)[O-])cc(OC)c1O. The number of phenols is 1. The lowest BCUT2D eigenvalue weighted by Gasteiger charge is -2.44. The topological polar surface area (TPSA) is 114 Å². The van der Waals surface area contributed by atoms with E-state index in [9.17, 15) is 20.0 Å². The molecule has 10 heteroatoms. The van der Waals surface area contributed by atoms with E-state index in [-0.39, 0.29) is 29.3 Å². The Hall–Kier alpha value is -3.63. The van der Waals surface area contributed by atoms with Gasteiger partial charge in [0.2, 0.25) is 0 Å². The summed E-state index contributed by atoms with van der Waals surface area (Å²) >= 11 is 3.52. The Bertz CT molecular complexity index is 1240. The molecule has 4 rings (SSSR count). The molecule has 0 aromatic heterocycles. The number of nitro benzene ring substituents is 1. The van der Waals surface area contributed by atoms with E-state index < -0.39 is 23.1 Å². The molecule has 3 aromatic rings. The summed E-state index contributed by atoms with van der Waals surface area (Å²) in [4.78, 5) is 25.3. The van der Waals surface area contributed by atoms with Crippen LogP contribution in [0, 0.1) is 10.1 Å². The molecule has 1 aliphatic rings. The monoisotopic (exact) mass is 527 g/mol. The maximum absolute atomic E-state index is 12.5. The molecule has 2 atom stereocenters. The minimum Gasteiger partial charge on any atom is -0.504 e. The number of phenolic OH excluding ortho intramolecular Hbond substituents is 1. The summed E-state index contributed by atoms with van der Waals surface area (Å²) in [6.45, 7) is -0.149. The summed E-state index contributed by atoms with van der Waals surface area (Å²) < 4.78 is 11.0. The molecular weight excluding hydrogens is 506 g/mol. The van der Waals surface area contributed by atoms with Crippen molar-refractivity contribution < 1.29 is 24.3 Å². The number of carbonyl (C=O) groups excluding carboxylic acids is 1. The van der Waals surface area contributed by atoms with Gasteiger partial charge in [-0.1, -0.05) is 46.3 Å². The van der Waals surface area contributed by atoms with Gasteiger partial charge in [0.05, 0.1) is 37.8 Å². The maximum atomic E-state index is 12.5. The largest absolute Gasteiger partial charge is 0.504 e. The molecule has 3 aromatic carbocycles. The van der Waals surface area contributed by atoms with Crippen molar-refractivity contribution in [2.24, 2.45) is 0 Å². The summed E-state index contributed by atoms with van der Waals surface area (Å²) in [7, 11) is 2.62. The summed E-state index contributed by atoms with van der Waals surface area (Å²) in [5, 5.41) is 25.9. The average molecular weight is 528 g/mol. The zero-order valence-electron chi connectivity index (χ0n) is 18.4. The Morgan fingerprint density at radius 1 is 1.15 bits per heavy atom. The zero-order valence-corrected chi connectivity index (χ0v) is 20.0. The minimum absolute atomic E-state index is 0.0399. The highest BCUT2D eigenvalue weighted by molar-refractivity contribution is 9.10. The van der Waals surface area contributed by atoms with E-state index in [0.29, 0.717) is 0 Å². The highest BCUT2D eigenvalue weighted by Gasteiger charge is 2.39. The van der Waals surface area contributed by atoms with Gasteiger partial charge in [0.25, 0.3) is 5.69 Å². The molecule has 176 valence electrons. The molecule has 0 spiro atoms. The molecule has 2 N–H and O–H groups in total. The third kappa shape index (κ3) is 4.42. The van der Waals surface area contributed by atoms with Crippen molar-refractivity contribution >= 4 is 33.3 Å². The van der Waals surface area contributed by atoms with E-state index >= 15 is 0 Å². The Morgan fingerprint density at radius 3 is 2.53 bits per heavy atom. The molecule has 0 amide bonds. The van der Waals surface area contributed by atoms with Crippen molar-refractivity contribution in [3.8, 4) is 11.5 Å². The van der Waals surface area contributed by atoms with Crippen molar-refractivity contribution in [2.75, 3.05) is 26.1 Å². The van der Waals surface area contributed by atoms with Crippen LogP contribution < -0.4 is 10.1 Å². The number of anilines is 1. The third-order valence-electron chi connectivity index (χ3n) is 5.73. The second kappa shape index (κ2) is 9.70. The third-order valence-corrected chi connectivity index (χ3v) is 6.23. The van der Waals surface area contributed by atoms with Gasteiger partial charge < -0.3 is 19.9 Å². The molecule has 0 fully saturated rings. The molecule has 0 saturated heterocycles. The van der Waals surface area contributed by atoms with Gasteiger partial charge in [-0.25, -0.2) is 0 Å². The molecule has 34 heavy (non-hydrogen) atoms. The van der Waals surface area contributed by atoms with Gasteiger partial charge in [0, 0.05) is 21.8 Å². The normalized spacial score (nSPS) is 17.4. The van der Waals surface area contributed by atoms with Crippen molar-refractivity contribution in [1.82, 2.24) is 4.90 Å². The number of carbonyl (C=O) groups is 1. The van der Waals surface area contributed by atoms with Crippen molar-refractivity contribution in [3.63, 3.8) is 0 Å². The number of non-ortho nitro benzene ring substituents is 1. The van der Waals surface area contributed by atoms with E-state index in [1.54, 1.807) is 4.90 Å². The molecule has 1 aliphatic heterocycles. The number of halogens is 1. The van der Waals surface area contributed by atoms with Crippen LogP contribution in [0.15, 0.2) is 65.1 Å². The molecular formula is C24H22BrN3O6. The number of aromatic hydroxyl groups is 1. The number of hydrogen-bond acceptors (Lipinski definition) is 8. The number of methoxy groups -OCH3 is 2. The number of ether oxygens (including phenoxy) is 2. The minimum atomic E-state index is -0.813. The first kappa shape index (κ1) is 23.5. The number of rotatable bonds is 6. The van der Waals surface area contributed by atoms with Gasteiger partial charge in [0.1, 0.15) is 6.17 Å². The standard InChI is InChI=1S/C24H22BrN3O6/c1-33-20-12-16(28(31)32)11-18(23(20)30)24-26-19-9-8-15(25)10-17(19)22(14-6-4-3-5-7-14)27(24)13-21(29)34-2/h3-12,22,24,26,30H,13H2,1-2H3/t22-,24-/m1/s1. The van der Waals surface area contributed by atoms with Crippen molar-refractivity contribution in [1.29, 1.82) is 0 Å². The van der Waals surface area contributed by atoms with Gasteiger partial charge in [-0.2, -0.15) is 0 Å². The highest BCUT2D eigenvalue weighted by Crippen LogP contribution is 2.48. The van der Waals surface area contributed by atoms with Crippen LogP contribution in [-0.2, 0) is 9.53 Å². The van der Waals surface area contributed by atoms with Crippen LogP contribution in [0.1, 0.15) is 28.9 Å². The predicted octanol–water partition coefficient (Wildman–Crippen LogP) is 4.76. The maximum Gasteiger partial charge on any atom is 0.319 e. The fourth-order valence-corrected chi connectivity index (χ4v) is 4.57. The van der Waals surface area contributed by atoms with Crippen LogP contribution in [0.3, 0.4) is 0 Å². The fraction of sp³-hybridized carbons (Fsp3) is 0.208. The van der Waals surface area contributed by atoms with Gasteiger partial charge in [-0.15, -0.1) is 0 Å². The number of nitrogens with zero attached hydrogens (tertiary/aromatic N) is 2. The van der Waals surface area contributed by atoms with Crippen molar-refractivity contribution in [3.05, 3.63) is 91.9 Å². The second-order valence-electron chi connectivity index (χ2n) is 7.68. The summed E-state index contributed by atoms with van der Waals surface area (Å²) in [6, 6.07) is 17.3. The number of fused-ring (bicyclic) bond motifs is 1. The van der Waals surface area contributed by atoms with E-state index in [0.717, 1.165) is 27.4 Å². The van der Waals surface area contributed by atoms with Crippen molar-refractivity contribution in [2.45, 2.75) is 12.2 Å². The Kier molecular flexibility index (Phi) is 6.71. The first-order chi connectivity index (χ1) is 16.3. The number of esters is 1. The predicted molar refractivity (Wildman–Crippen MR) is 129 cm³/mol. The quantitative estimate of drug-likeness (QED) is 0.268. The molecule has 0 unspecified atom stereocenters. The van der Waals surface area contributed by atoms with Gasteiger partial charge in [-0.3, -0.25) is 19.8 Å². The van der Waals surface area contributed by atoms with Crippen LogP contribution >= 0.6 is 15.9 Å². The Morgan fingerprint density at radius 2 is 1.88 bits per heavy atom. The second-order valence-corrected chi connectivity index (χ2v) is 8.60. The van der Waals surface area contributed by atoms with Gasteiger partial charge >= 0.3 is 5.97 Å². The van der Waals surface area contributed by atoms with Gasteiger partial charge in [-0.05, 0) is 29.3 Å². The number of nitrogens with one attached hydrogen (secondary N) is 1. The van der Waals surface area contributed by atoms with E-state index in [4.69, 9.17) is 9.47 Å². The van der Waals surface area contributed by atoms with E-state index in [1.807, 2.05) is 48.5 Å². The molecule has 0 radical (unpaired) electrons. The zero-order chi connectivity index (χ0) is 24.4. The lowest BCUT2D eigenvalue weighted by molar-refractivity contribution is -0.385. The summed E-state index contributed by atoms with van der Waals surface area (Å²) in [5.74, 6) is -0.794.